The highest BCUT2D eigenvalue weighted by Gasteiger charge is 2.06. The van der Waals surface area contributed by atoms with E-state index in [-0.39, 0.29) is 5.78 Å². The molecule has 0 radical (unpaired) electrons. The van der Waals surface area contributed by atoms with Gasteiger partial charge in [0.25, 0.3) is 0 Å². The Morgan fingerprint density at radius 2 is 1.67 bits per heavy atom. The van der Waals surface area contributed by atoms with E-state index >= 15 is 0 Å². The summed E-state index contributed by atoms with van der Waals surface area (Å²) in [6.07, 6.45) is 0.959. The number of rotatable bonds is 4. The van der Waals surface area contributed by atoms with Crippen molar-refractivity contribution in [1.82, 2.24) is 0 Å². The molecule has 0 aliphatic heterocycles. The highest BCUT2D eigenvalue weighted by Crippen LogP contribution is 2.12. The summed E-state index contributed by atoms with van der Waals surface area (Å²) >= 11 is 5.81. The van der Waals surface area contributed by atoms with Gasteiger partial charge in [-0.1, -0.05) is 48.0 Å². The Kier molecular flexibility index (Phi) is 4.16. The lowest BCUT2D eigenvalue weighted by molar-refractivity contribution is -0.117. The quantitative estimate of drug-likeness (QED) is 0.810. The van der Waals surface area contributed by atoms with Gasteiger partial charge in [0.2, 0.25) is 0 Å². The van der Waals surface area contributed by atoms with E-state index in [0.29, 0.717) is 17.9 Å². The fourth-order valence-corrected chi connectivity index (χ4v) is 2.04. The van der Waals surface area contributed by atoms with E-state index in [2.05, 4.69) is 0 Å². The minimum atomic E-state index is 0.228. The zero-order chi connectivity index (χ0) is 13.0. The number of carbonyl (C=O) groups is 1. The highest BCUT2D eigenvalue weighted by atomic mass is 35.5. The van der Waals surface area contributed by atoms with E-state index in [4.69, 9.17) is 11.6 Å². The van der Waals surface area contributed by atoms with Crippen molar-refractivity contribution in [3.63, 3.8) is 0 Å². The SMILES string of the molecule is Cc1ccccc1CC(=O)Cc1ccc(Cl)cc1. The van der Waals surface area contributed by atoms with Gasteiger partial charge in [-0.25, -0.2) is 0 Å². The van der Waals surface area contributed by atoms with Crippen LogP contribution in [-0.4, -0.2) is 5.78 Å². The van der Waals surface area contributed by atoms with Gasteiger partial charge in [0.15, 0.2) is 0 Å². The average molecular weight is 259 g/mol. The zero-order valence-corrected chi connectivity index (χ0v) is 11.1. The largest absolute Gasteiger partial charge is 0.299 e. The van der Waals surface area contributed by atoms with Gasteiger partial charge >= 0.3 is 0 Å². The molecule has 2 heteroatoms. The second-order valence-electron chi connectivity index (χ2n) is 4.45. The van der Waals surface area contributed by atoms with Crippen LogP contribution in [0.2, 0.25) is 5.02 Å². The van der Waals surface area contributed by atoms with Gasteiger partial charge in [-0.05, 0) is 35.7 Å². The van der Waals surface area contributed by atoms with Gasteiger partial charge in [0, 0.05) is 17.9 Å². The van der Waals surface area contributed by atoms with Gasteiger partial charge < -0.3 is 0 Å². The van der Waals surface area contributed by atoms with Crippen LogP contribution < -0.4 is 0 Å². The lowest BCUT2D eigenvalue weighted by Crippen LogP contribution is -2.07. The van der Waals surface area contributed by atoms with Crippen LogP contribution >= 0.6 is 11.6 Å². The van der Waals surface area contributed by atoms with Crippen LogP contribution in [0.5, 0.6) is 0 Å². The predicted octanol–water partition coefficient (Wildman–Crippen LogP) is 4.00. The minimum absolute atomic E-state index is 0.228. The van der Waals surface area contributed by atoms with E-state index in [0.717, 1.165) is 11.1 Å². The van der Waals surface area contributed by atoms with E-state index in [9.17, 15) is 4.79 Å². The van der Waals surface area contributed by atoms with E-state index in [1.54, 1.807) is 0 Å². The number of ketones is 1. The number of aryl methyl sites for hydroxylation is 1. The number of hydrogen-bond acceptors (Lipinski definition) is 1. The lowest BCUT2D eigenvalue weighted by atomic mass is 10.00. The molecule has 0 aromatic heterocycles. The third-order valence-electron chi connectivity index (χ3n) is 2.96. The average Bonchev–Trinajstić information content (AvgIpc) is 2.35. The summed E-state index contributed by atoms with van der Waals surface area (Å²) in [5, 5.41) is 0.699. The molecule has 0 spiro atoms. The maximum absolute atomic E-state index is 12.0. The second-order valence-corrected chi connectivity index (χ2v) is 4.88. The third kappa shape index (κ3) is 3.44. The van der Waals surface area contributed by atoms with Crippen LogP contribution in [0.15, 0.2) is 48.5 Å². The molecule has 0 atom stereocenters. The van der Waals surface area contributed by atoms with Crippen molar-refractivity contribution in [3.05, 3.63) is 70.2 Å². The second kappa shape index (κ2) is 5.83. The summed E-state index contributed by atoms with van der Waals surface area (Å²) in [5.41, 5.74) is 3.29. The third-order valence-corrected chi connectivity index (χ3v) is 3.22. The standard InChI is InChI=1S/C16H15ClO/c1-12-4-2-3-5-14(12)11-16(18)10-13-6-8-15(17)9-7-13/h2-9H,10-11H2,1H3. The Balaban J connectivity index is 2.01. The van der Waals surface area contributed by atoms with Gasteiger partial charge in [0.1, 0.15) is 5.78 Å². The van der Waals surface area contributed by atoms with Crippen molar-refractivity contribution < 1.29 is 4.79 Å². The molecule has 1 nitrogen and oxygen atoms in total. The first-order valence-electron chi connectivity index (χ1n) is 5.96. The summed E-state index contributed by atoms with van der Waals surface area (Å²) in [6.45, 7) is 2.03. The molecule has 2 aromatic carbocycles. The molecule has 0 fully saturated rings. The fourth-order valence-electron chi connectivity index (χ4n) is 1.91. The molecule has 2 rings (SSSR count). The van der Waals surface area contributed by atoms with Crippen LogP contribution in [0.3, 0.4) is 0 Å². The molecule has 0 aliphatic carbocycles. The molecule has 0 heterocycles. The molecule has 2 aromatic rings. The Morgan fingerprint density at radius 1 is 1.00 bits per heavy atom. The van der Waals surface area contributed by atoms with Crippen LogP contribution in [-0.2, 0) is 17.6 Å². The summed E-state index contributed by atoms with van der Waals surface area (Å²) in [7, 11) is 0. The molecule has 18 heavy (non-hydrogen) atoms. The molecular formula is C16H15ClO. The molecule has 0 bridgehead atoms. The van der Waals surface area contributed by atoms with Gasteiger partial charge in [0.05, 0.1) is 0 Å². The van der Waals surface area contributed by atoms with Crippen molar-refractivity contribution in [2.24, 2.45) is 0 Å². The summed E-state index contributed by atoms with van der Waals surface area (Å²) in [5.74, 6) is 0.228. The molecule has 0 aliphatic rings. The van der Waals surface area contributed by atoms with Crippen molar-refractivity contribution in [2.45, 2.75) is 19.8 Å². The molecule has 0 unspecified atom stereocenters. The van der Waals surface area contributed by atoms with Crippen molar-refractivity contribution in [1.29, 1.82) is 0 Å². The van der Waals surface area contributed by atoms with Crippen LogP contribution in [0.4, 0.5) is 0 Å². The van der Waals surface area contributed by atoms with Gasteiger partial charge in [-0.15, -0.1) is 0 Å². The zero-order valence-electron chi connectivity index (χ0n) is 10.3. The molecule has 0 saturated heterocycles. The summed E-state index contributed by atoms with van der Waals surface area (Å²) < 4.78 is 0. The molecule has 0 saturated carbocycles. The number of Topliss-reactive ketones (excluding diaryl/α,β-unsaturated/α-hetero) is 1. The number of carbonyl (C=O) groups excluding carboxylic acids is 1. The number of benzene rings is 2. The van der Waals surface area contributed by atoms with Gasteiger partial charge in [-0.3, -0.25) is 4.79 Å². The summed E-state index contributed by atoms with van der Waals surface area (Å²) in [4.78, 5) is 12.0. The van der Waals surface area contributed by atoms with E-state index in [1.165, 1.54) is 5.56 Å². The monoisotopic (exact) mass is 258 g/mol. The highest BCUT2D eigenvalue weighted by molar-refractivity contribution is 6.30. The molecule has 92 valence electrons. The Hall–Kier alpha value is -1.60. The number of halogens is 1. The first-order valence-corrected chi connectivity index (χ1v) is 6.33. The van der Waals surface area contributed by atoms with Crippen LogP contribution in [0, 0.1) is 6.92 Å². The van der Waals surface area contributed by atoms with Gasteiger partial charge in [-0.2, -0.15) is 0 Å². The van der Waals surface area contributed by atoms with Crippen LogP contribution in [0.25, 0.3) is 0 Å². The smallest absolute Gasteiger partial charge is 0.141 e. The lowest BCUT2D eigenvalue weighted by Gasteiger charge is -2.05. The maximum Gasteiger partial charge on any atom is 0.141 e. The molecular weight excluding hydrogens is 244 g/mol. The number of hydrogen-bond donors (Lipinski definition) is 0. The Bertz CT molecular complexity index is 543. The Labute approximate surface area is 112 Å². The normalized spacial score (nSPS) is 10.3. The fraction of sp³-hybridized carbons (Fsp3) is 0.188. The minimum Gasteiger partial charge on any atom is -0.299 e. The predicted molar refractivity (Wildman–Crippen MR) is 75.0 cm³/mol. The van der Waals surface area contributed by atoms with Crippen molar-refractivity contribution >= 4 is 17.4 Å². The van der Waals surface area contributed by atoms with Crippen molar-refractivity contribution in [2.75, 3.05) is 0 Å². The van der Waals surface area contributed by atoms with Crippen LogP contribution in [0.1, 0.15) is 16.7 Å². The first kappa shape index (κ1) is 12.8. The topological polar surface area (TPSA) is 17.1 Å². The molecule has 0 N–H and O–H groups in total. The first-order chi connectivity index (χ1) is 8.65. The Morgan fingerprint density at radius 3 is 2.33 bits per heavy atom. The van der Waals surface area contributed by atoms with Crippen molar-refractivity contribution in [3.8, 4) is 0 Å². The summed E-state index contributed by atoms with van der Waals surface area (Å²) in [6, 6.07) is 15.4. The van der Waals surface area contributed by atoms with E-state index in [1.807, 2.05) is 55.5 Å². The molecule has 0 amide bonds. The maximum atomic E-state index is 12.0. The van der Waals surface area contributed by atoms with E-state index < -0.39 is 0 Å².